The van der Waals surface area contributed by atoms with Crippen LogP contribution >= 0.6 is 0 Å². The van der Waals surface area contributed by atoms with Crippen molar-refractivity contribution in [1.29, 1.82) is 0 Å². The summed E-state index contributed by atoms with van der Waals surface area (Å²) in [5, 5.41) is 0. The molecule has 2 aliphatic heterocycles. The summed E-state index contributed by atoms with van der Waals surface area (Å²) in [5.74, 6) is -0.315. The summed E-state index contributed by atoms with van der Waals surface area (Å²) < 4.78 is 50.7. The molecular formula is C13H15N3O5S2. The molecule has 0 N–H and O–H groups in total. The highest BCUT2D eigenvalue weighted by Crippen LogP contribution is 2.27. The standard InChI is InChI=1S/C13H15N3O5S2/c1-10-14-7-8-15(10)23(20,21)12-4-2-11(3-5-12)16-13(17)6-9-22(16,18)19/h2-5H,6-9H2,1H3. The molecule has 2 aliphatic rings. The van der Waals surface area contributed by atoms with Gasteiger partial charge in [0, 0.05) is 6.42 Å². The second-order valence-electron chi connectivity index (χ2n) is 5.22. The van der Waals surface area contributed by atoms with E-state index in [1.54, 1.807) is 6.92 Å². The molecule has 1 saturated heterocycles. The van der Waals surface area contributed by atoms with Gasteiger partial charge in [-0.25, -0.2) is 21.1 Å². The Morgan fingerprint density at radius 1 is 1.17 bits per heavy atom. The molecule has 2 heterocycles. The lowest BCUT2D eigenvalue weighted by atomic mass is 10.3. The predicted molar refractivity (Wildman–Crippen MR) is 84.2 cm³/mol. The van der Waals surface area contributed by atoms with Crippen molar-refractivity contribution in [2.24, 2.45) is 4.99 Å². The molecule has 0 atom stereocenters. The zero-order valence-corrected chi connectivity index (χ0v) is 14.0. The molecule has 0 bridgehead atoms. The van der Waals surface area contributed by atoms with Crippen molar-refractivity contribution in [2.75, 3.05) is 23.1 Å². The topological polar surface area (TPSA) is 104 Å². The van der Waals surface area contributed by atoms with E-state index in [2.05, 4.69) is 4.99 Å². The van der Waals surface area contributed by atoms with Crippen LogP contribution in [-0.2, 0) is 24.8 Å². The molecule has 1 aromatic carbocycles. The van der Waals surface area contributed by atoms with Crippen LogP contribution in [0.3, 0.4) is 0 Å². The molecule has 0 aromatic heterocycles. The van der Waals surface area contributed by atoms with Gasteiger partial charge in [0.1, 0.15) is 5.84 Å². The number of hydrogen-bond donors (Lipinski definition) is 0. The van der Waals surface area contributed by atoms with Crippen molar-refractivity contribution in [3.63, 3.8) is 0 Å². The fraction of sp³-hybridized carbons (Fsp3) is 0.385. The van der Waals surface area contributed by atoms with Gasteiger partial charge in [-0.15, -0.1) is 0 Å². The number of carbonyl (C=O) groups excluding carboxylic acids is 1. The van der Waals surface area contributed by atoms with E-state index in [1.165, 1.54) is 28.6 Å². The molecule has 3 rings (SSSR count). The maximum atomic E-state index is 12.5. The van der Waals surface area contributed by atoms with E-state index in [9.17, 15) is 21.6 Å². The summed E-state index contributed by atoms with van der Waals surface area (Å²) in [7, 11) is -7.38. The van der Waals surface area contributed by atoms with Gasteiger partial charge in [-0.2, -0.15) is 0 Å². The van der Waals surface area contributed by atoms with Crippen molar-refractivity contribution >= 4 is 37.5 Å². The zero-order valence-electron chi connectivity index (χ0n) is 12.3. The Hall–Kier alpha value is -1.94. The molecule has 23 heavy (non-hydrogen) atoms. The molecule has 8 nitrogen and oxygen atoms in total. The van der Waals surface area contributed by atoms with E-state index in [0.717, 1.165) is 4.31 Å². The molecule has 0 radical (unpaired) electrons. The average molecular weight is 357 g/mol. The predicted octanol–water partition coefficient (Wildman–Crippen LogP) is 0.176. The summed E-state index contributed by atoms with van der Waals surface area (Å²) >= 11 is 0. The normalized spacial score (nSPS) is 20.9. The van der Waals surface area contributed by atoms with Gasteiger partial charge >= 0.3 is 0 Å². The number of anilines is 1. The van der Waals surface area contributed by atoms with Gasteiger partial charge in [-0.3, -0.25) is 14.1 Å². The molecule has 1 fully saturated rings. The SMILES string of the molecule is CC1=NCCN1S(=O)(=O)c1ccc(N2C(=O)CCS2(=O)=O)cc1. The minimum Gasteiger partial charge on any atom is -0.273 e. The first kappa shape index (κ1) is 15.9. The first-order chi connectivity index (χ1) is 10.7. The summed E-state index contributed by atoms with van der Waals surface area (Å²) in [6.07, 6.45) is -0.0637. The van der Waals surface area contributed by atoms with E-state index in [1.807, 2.05) is 0 Å². The van der Waals surface area contributed by atoms with E-state index >= 15 is 0 Å². The molecule has 0 spiro atoms. The molecule has 0 unspecified atom stereocenters. The number of hydrogen-bond acceptors (Lipinski definition) is 6. The van der Waals surface area contributed by atoms with Crippen LogP contribution in [0.1, 0.15) is 13.3 Å². The Labute approximate surface area is 134 Å². The number of aliphatic imine (C=N–C) groups is 1. The first-order valence-electron chi connectivity index (χ1n) is 6.93. The highest BCUT2D eigenvalue weighted by molar-refractivity contribution is 7.94. The van der Waals surface area contributed by atoms with Crippen molar-refractivity contribution in [3.05, 3.63) is 24.3 Å². The van der Waals surface area contributed by atoms with Crippen molar-refractivity contribution in [3.8, 4) is 0 Å². The fourth-order valence-electron chi connectivity index (χ4n) is 2.59. The molecule has 1 aromatic rings. The van der Waals surface area contributed by atoms with Crippen LogP contribution in [0.25, 0.3) is 0 Å². The van der Waals surface area contributed by atoms with Gasteiger partial charge in [0.25, 0.3) is 10.0 Å². The van der Waals surface area contributed by atoms with E-state index < -0.39 is 26.0 Å². The maximum absolute atomic E-state index is 12.5. The van der Waals surface area contributed by atoms with Crippen molar-refractivity contribution in [2.45, 2.75) is 18.2 Å². The molecule has 124 valence electrons. The minimum atomic E-state index is -3.72. The van der Waals surface area contributed by atoms with E-state index in [4.69, 9.17) is 0 Å². The molecule has 0 aliphatic carbocycles. The number of nitrogens with zero attached hydrogens (tertiary/aromatic N) is 3. The van der Waals surface area contributed by atoms with Gasteiger partial charge in [0.05, 0.1) is 29.4 Å². The van der Waals surface area contributed by atoms with Crippen molar-refractivity contribution in [1.82, 2.24) is 4.31 Å². The number of sulfonamides is 2. The van der Waals surface area contributed by atoms with Crippen LogP contribution in [0.4, 0.5) is 5.69 Å². The number of amides is 1. The monoisotopic (exact) mass is 357 g/mol. The minimum absolute atomic E-state index is 0.0294. The third-order valence-corrected chi connectivity index (χ3v) is 7.33. The lowest BCUT2D eigenvalue weighted by molar-refractivity contribution is -0.116. The quantitative estimate of drug-likeness (QED) is 0.767. The Kier molecular flexibility index (Phi) is 3.68. The second kappa shape index (κ2) is 5.31. The van der Waals surface area contributed by atoms with E-state index in [0.29, 0.717) is 12.4 Å². The summed E-state index contributed by atoms with van der Waals surface area (Å²) in [6, 6.07) is 5.27. The third-order valence-electron chi connectivity index (χ3n) is 3.74. The van der Waals surface area contributed by atoms with Gasteiger partial charge < -0.3 is 0 Å². The highest BCUT2D eigenvalue weighted by atomic mass is 32.2. The number of rotatable bonds is 3. The maximum Gasteiger partial charge on any atom is 0.265 e. The Morgan fingerprint density at radius 3 is 2.30 bits per heavy atom. The van der Waals surface area contributed by atoms with Gasteiger partial charge in [0.2, 0.25) is 15.9 Å². The Balaban J connectivity index is 1.94. The third kappa shape index (κ3) is 2.61. The van der Waals surface area contributed by atoms with Crippen LogP contribution in [0.2, 0.25) is 0 Å². The second-order valence-corrected chi connectivity index (χ2v) is 9.02. The smallest absolute Gasteiger partial charge is 0.265 e. The van der Waals surface area contributed by atoms with Crippen LogP contribution in [-0.4, -0.2) is 51.7 Å². The Bertz CT molecular complexity index is 888. The van der Waals surface area contributed by atoms with Gasteiger partial charge in [0.15, 0.2) is 0 Å². The number of carbonyl (C=O) groups is 1. The molecular weight excluding hydrogens is 342 g/mol. The lowest BCUT2D eigenvalue weighted by Crippen LogP contribution is -2.33. The highest BCUT2D eigenvalue weighted by Gasteiger charge is 2.36. The van der Waals surface area contributed by atoms with Crippen LogP contribution in [0.5, 0.6) is 0 Å². The van der Waals surface area contributed by atoms with Crippen LogP contribution in [0, 0.1) is 0 Å². The molecule has 10 heteroatoms. The summed E-state index contributed by atoms with van der Waals surface area (Å²) in [6.45, 7) is 2.33. The zero-order chi connectivity index (χ0) is 16.8. The Morgan fingerprint density at radius 2 is 1.83 bits per heavy atom. The summed E-state index contributed by atoms with van der Waals surface area (Å²) in [5.41, 5.74) is 0.151. The fourth-order valence-corrected chi connectivity index (χ4v) is 5.51. The van der Waals surface area contributed by atoms with E-state index in [-0.39, 0.29) is 29.3 Å². The van der Waals surface area contributed by atoms with Crippen LogP contribution in [0.15, 0.2) is 34.2 Å². The average Bonchev–Trinajstić information content (AvgIpc) is 3.03. The molecule has 0 saturated carbocycles. The molecule has 1 amide bonds. The van der Waals surface area contributed by atoms with Gasteiger partial charge in [-0.1, -0.05) is 0 Å². The van der Waals surface area contributed by atoms with Gasteiger partial charge in [-0.05, 0) is 31.2 Å². The number of amidine groups is 1. The largest absolute Gasteiger partial charge is 0.273 e. The lowest BCUT2D eigenvalue weighted by Gasteiger charge is -2.19. The van der Waals surface area contributed by atoms with Crippen molar-refractivity contribution < 1.29 is 21.6 Å². The number of benzene rings is 1. The van der Waals surface area contributed by atoms with Crippen LogP contribution < -0.4 is 4.31 Å². The summed E-state index contributed by atoms with van der Waals surface area (Å²) in [4.78, 5) is 15.8. The first-order valence-corrected chi connectivity index (χ1v) is 9.98.